The van der Waals surface area contributed by atoms with Crippen molar-refractivity contribution in [3.8, 4) is 0 Å². The van der Waals surface area contributed by atoms with Gasteiger partial charge in [0.15, 0.2) is 0 Å². The van der Waals surface area contributed by atoms with Gasteiger partial charge in [-0.15, -0.1) is 0 Å². The van der Waals surface area contributed by atoms with Crippen molar-refractivity contribution in [1.82, 2.24) is 15.8 Å². The quantitative estimate of drug-likeness (QED) is 0.771. The maximum absolute atomic E-state index is 11.2. The van der Waals surface area contributed by atoms with Gasteiger partial charge in [-0.05, 0) is 31.5 Å². The largest absolute Gasteiger partial charge is 0.478 e. The van der Waals surface area contributed by atoms with Crippen LogP contribution in [-0.4, -0.2) is 53.9 Å². The van der Waals surface area contributed by atoms with Crippen LogP contribution in [0.1, 0.15) is 29.8 Å². The van der Waals surface area contributed by atoms with E-state index in [9.17, 15) is 4.79 Å². The molecule has 2 aliphatic heterocycles. The van der Waals surface area contributed by atoms with Crippen molar-refractivity contribution in [3.05, 3.63) is 35.4 Å². The summed E-state index contributed by atoms with van der Waals surface area (Å²) in [7, 11) is 0. The fourth-order valence-corrected chi connectivity index (χ4v) is 3.80. The van der Waals surface area contributed by atoms with Crippen LogP contribution < -0.4 is 10.9 Å². The van der Waals surface area contributed by atoms with Crippen molar-refractivity contribution < 1.29 is 14.6 Å². The second-order valence-corrected chi connectivity index (χ2v) is 6.56. The van der Waals surface area contributed by atoms with E-state index >= 15 is 0 Å². The zero-order valence-corrected chi connectivity index (χ0v) is 13.7. The summed E-state index contributed by atoms with van der Waals surface area (Å²) in [5, 5.41) is 9.16. The summed E-state index contributed by atoms with van der Waals surface area (Å²) in [5.41, 5.74) is 8.01. The molecule has 2 saturated heterocycles. The van der Waals surface area contributed by atoms with Crippen LogP contribution in [-0.2, 0) is 11.3 Å². The molecule has 126 valence electrons. The number of benzene rings is 1. The Balaban J connectivity index is 1.76. The van der Waals surface area contributed by atoms with Crippen LogP contribution in [0.15, 0.2) is 24.3 Å². The summed E-state index contributed by atoms with van der Waals surface area (Å²) in [5.74, 6) is -0.422. The minimum atomic E-state index is -0.878. The Morgan fingerprint density at radius 2 is 2.09 bits per heavy atom. The van der Waals surface area contributed by atoms with E-state index < -0.39 is 5.97 Å². The van der Waals surface area contributed by atoms with E-state index in [1.807, 2.05) is 12.1 Å². The van der Waals surface area contributed by atoms with Gasteiger partial charge in [0.05, 0.1) is 18.8 Å². The Morgan fingerprint density at radius 3 is 2.78 bits per heavy atom. The minimum absolute atomic E-state index is 0.324. The highest BCUT2D eigenvalue weighted by atomic mass is 16.5. The Labute approximate surface area is 136 Å². The molecule has 0 aliphatic carbocycles. The van der Waals surface area contributed by atoms with E-state index in [-0.39, 0.29) is 0 Å². The molecular weight excluding hydrogens is 294 g/mol. The van der Waals surface area contributed by atoms with Gasteiger partial charge in [0.1, 0.15) is 0 Å². The van der Waals surface area contributed by atoms with E-state index in [4.69, 9.17) is 9.84 Å². The summed E-state index contributed by atoms with van der Waals surface area (Å²) in [6, 6.07) is 8.30. The van der Waals surface area contributed by atoms with Crippen LogP contribution in [0.4, 0.5) is 0 Å². The number of hydrogen-bond acceptors (Lipinski definition) is 5. The molecule has 0 saturated carbocycles. The Morgan fingerprint density at radius 1 is 1.35 bits per heavy atom. The van der Waals surface area contributed by atoms with E-state index in [0.29, 0.717) is 29.6 Å². The van der Waals surface area contributed by atoms with Crippen molar-refractivity contribution in [2.45, 2.75) is 38.5 Å². The molecule has 0 aromatic heterocycles. The van der Waals surface area contributed by atoms with Gasteiger partial charge in [0.25, 0.3) is 0 Å². The minimum Gasteiger partial charge on any atom is -0.478 e. The molecule has 23 heavy (non-hydrogen) atoms. The van der Waals surface area contributed by atoms with Gasteiger partial charge in [0.2, 0.25) is 0 Å². The molecule has 2 fully saturated rings. The standard InChI is InChI=1S/C17H25N3O3/c1-11-16(12(2)19-18-11)15-10-23-7-6-20(15)9-13-4-3-5-14(8-13)17(21)22/h3-5,8,11-12,15-16,18-19H,6-7,9-10H2,1-2H3,(H,21,22). The Kier molecular flexibility index (Phi) is 4.96. The van der Waals surface area contributed by atoms with Gasteiger partial charge in [0, 0.05) is 37.1 Å². The zero-order valence-electron chi connectivity index (χ0n) is 13.7. The van der Waals surface area contributed by atoms with E-state index in [1.54, 1.807) is 12.1 Å². The third kappa shape index (κ3) is 3.55. The number of carboxylic acid groups (broad SMARTS) is 1. The van der Waals surface area contributed by atoms with Crippen molar-refractivity contribution in [2.75, 3.05) is 19.8 Å². The fraction of sp³-hybridized carbons (Fsp3) is 0.588. The van der Waals surface area contributed by atoms with Gasteiger partial charge in [-0.2, -0.15) is 0 Å². The van der Waals surface area contributed by atoms with Crippen molar-refractivity contribution in [1.29, 1.82) is 0 Å². The average Bonchev–Trinajstić information content (AvgIpc) is 2.87. The first kappa shape index (κ1) is 16.4. The number of hydrazine groups is 1. The molecule has 3 atom stereocenters. The van der Waals surface area contributed by atoms with E-state index in [0.717, 1.165) is 31.9 Å². The second kappa shape index (κ2) is 6.97. The molecule has 0 spiro atoms. The lowest BCUT2D eigenvalue weighted by atomic mass is 9.87. The summed E-state index contributed by atoms with van der Waals surface area (Å²) >= 11 is 0. The molecule has 3 N–H and O–H groups in total. The third-order valence-electron chi connectivity index (χ3n) is 4.98. The Hall–Kier alpha value is -1.47. The normalized spacial score (nSPS) is 32.1. The topological polar surface area (TPSA) is 73.8 Å². The molecule has 1 aromatic carbocycles. The molecular formula is C17H25N3O3. The third-order valence-corrected chi connectivity index (χ3v) is 4.98. The monoisotopic (exact) mass is 319 g/mol. The van der Waals surface area contributed by atoms with Crippen LogP contribution >= 0.6 is 0 Å². The highest BCUT2D eigenvalue weighted by Gasteiger charge is 2.40. The zero-order chi connectivity index (χ0) is 16.4. The molecule has 0 radical (unpaired) electrons. The number of nitrogens with zero attached hydrogens (tertiary/aromatic N) is 1. The summed E-state index contributed by atoms with van der Waals surface area (Å²) < 4.78 is 5.73. The van der Waals surface area contributed by atoms with Crippen LogP contribution in [0.25, 0.3) is 0 Å². The lowest BCUT2D eigenvalue weighted by Gasteiger charge is -2.41. The maximum Gasteiger partial charge on any atom is 0.335 e. The average molecular weight is 319 g/mol. The maximum atomic E-state index is 11.2. The second-order valence-electron chi connectivity index (χ2n) is 6.56. The van der Waals surface area contributed by atoms with Gasteiger partial charge in [-0.25, -0.2) is 4.79 Å². The van der Waals surface area contributed by atoms with Crippen LogP contribution in [0.2, 0.25) is 0 Å². The number of morpholine rings is 1. The number of carbonyl (C=O) groups is 1. The summed E-state index contributed by atoms with van der Waals surface area (Å²) in [6.07, 6.45) is 0. The van der Waals surface area contributed by atoms with Crippen molar-refractivity contribution in [2.24, 2.45) is 5.92 Å². The molecule has 2 heterocycles. The number of carboxylic acids is 1. The van der Waals surface area contributed by atoms with Gasteiger partial charge < -0.3 is 9.84 Å². The Bertz CT molecular complexity index is 556. The first-order valence-corrected chi connectivity index (χ1v) is 8.21. The fourth-order valence-electron chi connectivity index (χ4n) is 3.80. The van der Waals surface area contributed by atoms with Crippen LogP contribution in [0.3, 0.4) is 0 Å². The molecule has 2 aliphatic rings. The molecule has 1 aromatic rings. The molecule has 6 nitrogen and oxygen atoms in total. The number of aromatic carboxylic acids is 1. The van der Waals surface area contributed by atoms with E-state index in [2.05, 4.69) is 29.6 Å². The molecule has 0 amide bonds. The van der Waals surface area contributed by atoms with Gasteiger partial charge in [-0.3, -0.25) is 15.8 Å². The van der Waals surface area contributed by atoms with Gasteiger partial charge >= 0.3 is 5.97 Å². The molecule has 6 heteroatoms. The van der Waals surface area contributed by atoms with E-state index in [1.165, 1.54) is 0 Å². The molecule has 3 unspecified atom stereocenters. The number of rotatable bonds is 4. The smallest absolute Gasteiger partial charge is 0.335 e. The lowest BCUT2D eigenvalue weighted by Crippen LogP contribution is -2.53. The van der Waals surface area contributed by atoms with Gasteiger partial charge in [-0.1, -0.05) is 12.1 Å². The number of nitrogens with one attached hydrogen (secondary N) is 2. The van der Waals surface area contributed by atoms with Crippen molar-refractivity contribution >= 4 is 5.97 Å². The summed E-state index contributed by atoms with van der Waals surface area (Å²) in [4.78, 5) is 13.6. The predicted molar refractivity (Wildman–Crippen MR) is 87.1 cm³/mol. The molecule has 0 bridgehead atoms. The number of ether oxygens (including phenoxy) is 1. The molecule has 3 rings (SSSR count). The lowest BCUT2D eigenvalue weighted by molar-refractivity contribution is -0.0377. The number of hydrogen-bond donors (Lipinski definition) is 3. The summed E-state index contributed by atoms with van der Waals surface area (Å²) in [6.45, 7) is 7.47. The van der Waals surface area contributed by atoms with Crippen molar-refractivity contribution in [3.63, 3.8) is 0 Å². The predicted octanol–water partition coefficient (Wildman–Crippen LogP) is 1.09. The van der Waals surface area contributed by atoms with Crippen LogP contribution in [0, 0.1) is 5.92 Å². The van der Waals surface area contributed by atoms with Crippen LogP contribution in [0.5, 0.6) is 0 Å². The first-order valence-electron chi connectivity index (χ1n) is 8.21. The highest BCUT2D eigenvalue weighted by Crippen LogP contribution is 2.26. The highest BCUT2D eigenvalue weighted by molar-refractivity contribution is 5.87. The SMILES string of the molecule is CC1NNC(C)C1C1COCCN1Cc1cccc(C(=O)O)c1. The first-order chi connectivity index (χ1) is 11.1.